The van der Waals surface area contributed by atoms with Crippen molar-refractivity contribution in [2.45, 2.75) is 0 Å². The molecule has 0 saturated heterocycles. The van der Waals surface area contributed by atoms with E-state index in [1.54, 1.807) is 30.3 Å². The molecule has 0 unspecified atom stereocenters. The molecule has 0 bridgehead atoms. The van der Waals surface area contributed by atoms with Crippen LogP contribution in [0, 0.1) is 0 Å². The molecule has 5 nitrogen and oxygen atoms in total. The first kappa shape index (κ1) is 15.7. The van der Waals surface area contributed by atoms with Crippen LogP contribution in [-0.2, 0) is 0 Å². The number of carbonyl (C=O) groups excluding carboxylic acids is 2. The van der Waals surface area contributed by atoms with Crippen LogP contribution in [0.25, 0.3) is 0 Å². The van der Waals surface area contributed by atoms with Crippen molar-refractivity contribution >= 4 is 29.1 Å². The Balaban J connectivity index is 2.11. The molecule has 0 fully saturated rings. The topological polar surface area (TPSA) is 71.1 Å². The van der Waals surface area contributed by atoms with Crippen molar-refractivity contribution in [1.82, 2.24) is 10.3 Å². The first-order chi connectivity index (χ1) is 10.6. The Bertz CT molecular complexity index is 699. The molecule has 2 N–H and O–H groups in total. The largest absolute Gasteiger partial charge is 0.349 e. The number of aromatic nitrogens is 1. The van der Waals surface area contributed by atoms with Crippen LogP contribution in [0.1, 0.15) is 20.7 Å². The van der Waals surface area contributed by atoms with Crippen LogP contribution in [0.2, 0.25) is 5.02 Å². The number of halogens is 1. The highest BCUT2D eigenvalue weighted by Crippen LogP contribution is 2.14. The Labute approximate surface area is 133 Å². The predicted octanol–water partition coefficient (Wildman–Crippen LogP) is 2.90. The van der Waals surface area contributed by atoms with Crippen molar-refractivity contribution in [2.24, 2.45) is 0 Å². The Morgan fingerprint density at radius 2 is 1.77 bits per heavy atom. The molecule has 1 aromatic carbocycles. The van der Waals surface area contributed by atoms with Crippen LogP contribution in [0.4, 0.5) is 5.69 Å². The number of amides is 2. The van der Waals surface area contributed by atoms with E-state index in [0.717, 1.165) is 0 Å². The second-order valence-corrected chi connectivity index (χ2v) is 4.86. The number of hydrogen-bond donors (Lipinski definition) is 2. The number of pyridine rings is 1. The molecular formula is C16H14ClN3O2. The molecule has 1 heterocycles. The lowest BCUT2D eigenvalue weighted by Gasteiger charge is -2.07. The molecule has 2 aromatic rings. The van der Waals surface area contributed by atoms with Gasteiger partial charge in [0.25, 0.3) is 11.8 Å². The van der Waals surface area contributed by atoms with Gasteiger partial charge in [-0.15, -0.1) is 6.58 Å². The second kappa shape index (κ2) is 7.38. The lowest BCUT2D eigenvalue weighted by molar-refractivity contribution is 0.0957. The van der Waals surface area contributed by atoms with E-state index in [1.165, 1.54) is 18.5 Å². The Kier molecular flexibility index (Phi) is 5.27. The van der Waals surface area contributed by atoms with Crippen molar-refractivity contribution < 1.29 is 9.59 Å². The van der Waals surface area contributed by atoms with Gasteiger partial charge in [0.05, 0.1) is 11.1 Å². The molecule has 0 radical (unpaired) electrons. The highest BCUT2D eigenvalue weighted by molar-refractivity contribution is 6.30. The van der Waals surface area contributed by atoms with Gasteiger partial charge in [0, 0.05) is 29.6 Å². The maximum atomic E-state index is 12.2. The summed E-state index contributed by atoms with van der Waals surface area (Å²) in [5.74, 6) is -0.665. The number of rotatable bonds is 5. The van der Waals surface area contributed by atoms with E-state index < -0.39 is 0 Å². The molecule has 0 aliphatic rings. The molecule has 0 atom stereocenters. The summed E-state index contributed by atoms with van der Waals surface area (Å²) in [6, 6.07) is 8.21. The van der Waals surface area contributed by atoms with E-state index in [1.807, 2.05) is 0 Å². The third-order valence-electron chi connectivity index (χ3n) is 2.77. The lowest BCUT2D eigenvalue weighted by Crippen LogP contribution is -2.24. The van der Waals surface area contributed by atoms with Gasteiger partial charge in [-0.25, -0.2) is 0 Å². The van der Waals surface area contributed by atoms with Crippen LogP contribution in [0.15, 0.2) is 55.4 Å². The monoisotopic (exact) mass is 315 g/mol. The molecule has 2 rings (SSSR count). The summed E-state index contributed by atoms with van der Waals surface area (Å²) >= 11 is 5.79. The van der Waals surface area contributed by atoms with Gasteiger partial charge in [0.2, 0.25) is 0 Å². The summed E-state index contributed by atoms with van der Waals surface area (Å²) in [5, 5.41) is 5.92. The minimum absolute atomic E-state index is 0.293. The second-order valence-electron chi connectivity index (χ2n) is 4.42. The minimum atomic E-state index is -0.354. The van der Waals surface area contributed by atoms with Gasteiger partial charge in [-0.05, 0) is 30.3 Å². The zero-order valence-corrected chi connectivity index (χ0v) is 12.4. The van der Waals surface area contributed by atoms with Gasteiger partial charge in [-0.3, -0.25) is 14.6 Å². The molecule has 2 amide bonds. The lowest BCUT2D eigenvalue weighted by atomic mass is 10.2. The predicted molar refractivity (Wildman–Crippen MR) is 86.2 cm³/mol. The van der Waals surface area contributed by atoms with Crippen LogP contribution in [0.3, 0.4) is 0 Å². The van der Waals surface area contributed by atoms with E-state index >= 15 is 0 Å². The molecule has 0 aliphatic carbocycles. The summed E-state index contributed by atoms with van der Waals surface area (Å²) < 4.78 is 0. The zero-order chi connectivity index (χ0) is 15.9. The number of nitrogens with one attached hydrogen (secondary N) is 2. The fourth-order valence-electron chi connectivity index (χ4n) is 1.69. The fraction of sp³-hybridized carbons (Fsp3) is 0.0625. The van der Waals surface area contributed by atoms with Gasteiger partial charge in [-0.2, -0.15) is 0 Å². The van der Waals surface area contributed by atoms with Crippen LogP contribution >= 0.6 is 11.6 Å². The summed E-state index contributed by atoms with van der Waals surface area (Å²) in [4.78, 5) is 27.9. The number of carbonyl (C=O) groups is 2. The number of benzene rings is 1. The molecule has 6 heteroatoms. The van der Waals surface area contributed by atoms with Crippen molar-refractivity contribution in [1.29, 1.82) is 0 Å². The third kappa shape index (κ3) is 4.17. The van der Waals surface area contributed by atoms with Gasteiger partial charge >= 0.3 is 0 Å². The third-order valence-corrected chi connectivity index (χ3v) is 3.02. The highest BCUT2D eigenvalue weighted by Gasteiger charge is 2.11. The zero-order valence-electron chi connectivity index (χ0n) is 11.7. The highest BCUT2D eigenvalue weighted by atomic mass is 35.5. The van der Waals surface area contributed by atoms with E-state index in [4.69, 9.17) is 11.6 Å². The Hall–Kier alpha value is -2.66. The molecule has 22 heavy (non-hydrogen) atoms. The maximum absolute atomic E-state index is 12.2. The van der Waals surface area contributed by atoms with E-state index in [0.29, 0.717) is 28.4 Å². The minimum Gasteiger partial charge on any atom is -0.349 e. The smallest absolute Gasteiger partial charge is 0.257 e. The SMILES string of the molecule is C=CCNC(=O)c1cncc(C(=O)Nc2ccc(Cl)cc2)c1. The van der Waals surface area contributed by atoms with Crippen molar-refractivity contribution in [3.8, 4) is 0 Å². The molecule has 1 aromatic heterocycles. The van der Waals surface area contributed by atoms with Crippen molar-refractivity contribution in [3.63, 3.8) is 0 Å². The maximum Gasteiger partial charge on any atom is 0.257 e. The summed E-state index contributed by atoms with van der Waals surface area (Å²) in [5.41, 5.74) is 1.21. The molecule has 0 aliphatic heterocycles. The molecular weight excluding hydrogens is 302 g/mol. The first-order valence-corrected chi connectivity index (χ1v) is 6.89. The number of anilines is 1. The average molecular weight is 316 g/mol. The van der Waals surface area contributed by atoms with E-state index in [2.05, 4.69) is 22.2 Å². The molecule has 0 saturated carbocycles. The number of nitrogens with zero attached hydrogens (tertiary/aromatic N) is 1. The van der Waals surface area contributed by atoms with Gasteiger partial charge < -0.3 is 10.6 Å². The van der Waals surface area contributed by atoms with Crippen LogP contribution in [0.5, 0.6) is 0 Å². The van der Waals surface area contributed by atoms with Gasteiger partial charge in [0.15, 0.2) is 0 Å². The normalized spacial score (nSPS) is 9.86. The van der Waals surface area contributed by atoms with Crippen molar-refractivity contribution in [2.75, 3.05) is 11.9 Å². The van der Waals surface area contributed by atoms with Crippen LogP contribution in [-0.4, -0.2) is 23.3 Å². The number of hydrogen-bond acceptors (Lipinski definition) is 3. The summed E-state index contributed by atoms with van der Waals surface area (Å²) in [6.45, 7) is 3.87. The Morgan fingerprint density at radius 1 is 1.14 bits per heavy atom. The van der Waals surface area contributed by atoms with Crippen molar-refractivity contribution in [3.05, 3.63) is 71.5 Å². The summed E-state index contributed by atoms with van der Waals surface area (Å²) in [6.07, 6.45) is 4.37. The summed E-state index contributed by atoms with van der Waals surface area (Å²) in [7, 11) is 0. The van der Waals surface area contributed by atoms with Gasteiger partial charge in [0.1, 0.15) is 0 Å². The molecule has 112 valence electrons. The van der Waals surface area contributed by atoms with Gasteiger partial charge in [-0.1, -0.05) is 17.7 Å². The van der Waals surface area contributed by atoms with E-state index in [9.17, 15) is 9.59 Å². The fourth-order valence-corrected chi connectivity index (χ4v) is 1.82. The standard InChI is InChI=1S/C16H14ClN3O2/c1-2-7-19-15(21)11-8-12(10-18-9-11)16(22)20-14-5-3-13(17)4-6-14/h2-6,8-10H,1,7H2,(H,19,21)(H,20,22). The quantitative estimate of drug-likeness (QED) is 0.833. The van der Waals surface area contributed by atoms with Crippen LogP contribution < -0.4 is 10.6 Å². The van der Waals surface area contributed by atoms with E-state index in [-0.39, 0.29) is 11.8 Å². The Morgan fingerprint density at radius 3 is 2.41 bits per heavy atom. The average Bonchev–Trinajstić information content (AvgIpc) is 2.54. The first-order valence-electron chi connectivity index (χ1n) is 6.51. The molecule has 0 spiro atoms.